The molecule has 2 aliphatic rings. The average Bonchev–Trinajstić information content (AvgIpc) is 2.98. The summed E-state index contributed by atoms with van der Waals surface area (Å²) in [5.74, 6) is 2.00. The normalized spacial score (nSPS) is 28.4. The number of hydrogen-bond acceptors (Lipinski definition) is 3. The highest BCUT2D eigenvalue weighted by molar-refractivity contribution is 5.82. The molecule has 0 saturated heterocycles. The zero-order valence-corrected chi connectivity index (χ0v) is 12.1. The van der Waals surface area contributed by atoms with Crippen LogP contribution in [0.3, 0.4) is 0 Å². The smallest absolute Gasteiger partial charge is 0.325 e. The lowest BCUT2D eigenvalue weighted by Crippen LogP contribution is -2.37. The van der Waals surface area contributed by atoms with Gasteiger partial charge in [-0.05, 0) is 50.9 Å². The molecule has 1 amide bonds. The standard InChI is InChI=1S/C15H25NO3/c1-3-16(10-15(18)19-4-2)14(17)9-13-8-11-5-6-12(13)7-11/h11-13H,3-10H2,1-2H3. The van der Waals surface area contributed by atoms with E-state index in [1.54, 1.807) is 11.8 Å². The minimum absolute atomic E-state index is 0.101. The molecule has 0 aromatic carbocycles. The van der Waals surface area contributed by atoms with Gasteiger partial charge < -0.3 is 9.64 Å². The first-order valence-corrected chi connectivity index (χ1v) is 7.57. The summed E-state index contributed by atoms with van der Waals surface area (Å²) in [5.41, 5.74) is 0. The summed E-state index contributed by atoms with van der Waals surface area (Å²) in [6.07, 6.45) is 5.81. The third kappa shape index (κ3) is 3.48. The van der Waals surface area contributed by atoms with Crippen molar-refractivity contribution < 1.29 is 14.3 Å². The molecule has 108 valence electrons. The number of carbonyl (C=O) groups excluding carboxylic acids is 2. The van der Waals surface area contributed by atoms with Crippen LogP contribution in [0, 0.1) is 17.8 Å². The third-order valence-electron chi connectivity index (χ3n) is 4.68. The van der Waals surface area contributed by atoms with Gasteiger partial charge in [-0.3, -0.25) is 9.59 Å². The highest BCUT2D eigenvalue weighted by Gasteiger charge is 2.40. The third-order valence-corrected chi connectivity index (χ3v) is 4.68. The molecule has 2 fully saturated rings. The molecule has 0 N–H and O–H groups in total. The van der Waals surface area contributed by atoms with Crippen LogP contribution in [0.25, 0.3) is 0 Å². The van der Waals surface area contributed by atoms with Crippen molar-refractivity contribution in [3.05, 3.63) is 0 Å². The van der Waals surface area contributed by atoms with Crippen LogP contribution < -0.4 is 0 Å². The summed E-state index contributed by atoms with van der Waals surface area (Å²) in [7, 11) is 0. The predicted molar refractivity (Wildman–Crippen MR) is 72.4 cm³/mol. The Labute approximate surface area is 115 Å². The fraction of sp³-hybridized carbons (Fsp3) is 0.867. The van der Waals surface area contributed by atoms with Crippen LogP contribution in [-0.2, 0) is 14.3 Å². The van der Waals surface area contributed by atoms with E-state index in [0.717, 1.165) is 11.8 Å². The Kier molecular flexibility index (Phi) is 4.83. The molecule has 0 aromatic rings. The molecule has 2 aliphatic carbocycles. The first kappa shape index (κ1) is 14.4. The molecule has 2 saturated carbocycles. The van der Waals surface area contributed by atoms with E-state index in [0.29, 0.717) is 25.5 Å². The molecule has 2 bridgehead atoms. The highest BCUT2D eigenvalue weighted by Crippen LogP contribution is 2.49. The van der Waals surface area contributed by atoms with Crippen LogP contribution in [-0.4, -0.2) is 36.5 Å². The molecule has 0 heterocycles. The average molecular weight is 267 g/mol. The van der Waals surface area contributed by atoms with Crippen molar-refractivity contribution >= 4 is 11.9 Å². The molecule has 0 radical (unpaired) electrons. The van der Waals surface area contributed by atoms with E-state index in [-0.39, 0.29) is 18.4 Å². The van der Waals surface area contributed by atoms with Gasteiger partial charge in [-0.1, -0.05) is 6.42 Å². The Morgan fingerprint density at radius 3 is 2.53 bits per heavy atom. The van der Waals surface area contributed by atoms with Crippen LogP contribution in [0.1, 0.15) is 46.0 Å². The molecule has 3 unspecified atom stereocenters. The number of ether oxygens (including phenoxy) is 1. The van der Waals surface area contributed by atoms with Gasteiger partial charge in [0.05, 0.1) is 6.61 Å². The van der Waals surface area contributed by atoms with E-state index < -0.39 is 0 Å². The van der Waals surface area contributed by atoms with Gasteiger partial charge in [0.15, 0.2) is 0 Å². The highest BCUT2D eigenvalue weighted by atomic mass is 16.5. The van der Waals surface area contributed by atoms with Crippen molar-refractivity contribution in [1.29, 1.82) is 0 Å². The van der Waals surface area contributed by atoms with Crippen LogP contribution >= 0.6 is 0 Å². The Morgan fingerprint density at radius 2 is 2.00 bits per heavy atom. The number of carbonyl (C=O) groups is 2. The lowest BCUT2D eigenvalue weighted by Gasteiger charge is -2.25. The second-order valence-corrected chi connectivity index (χ2v) is 5.85. The lowest BCUT2D eigenvalue weighted by molar-refractivity contribution is -0.149. The minimum atomic E-state index is -0.300. The molecule has 3 atom stereocenters. The molecule has 0 aliphatic heterocycles. The van der Waals surface area contributed by atoms with Gasteiger partial charge >= 0.3 is 5.97 Å². The van der Waals surface area contributed by atoms with Crippen molar-refractivity contribution in [3.8, 4) is 0 Å². The van der Waals surface area contributed by atoms with Gasteiger partial charge in [0.2, 0.25) is 5.91 Å². The number of esters is 1. The molecule has 19 heavy (non-hydrogen) atoms. The molecule has 4 nitrogen and oxygen atoms in total. The maximum atomic E-state index is 12.3. The summed E-state index contributed by atoms with van der Waals surface area (Å²) in [5, 5.41) is 0. The zero-order valence-electron chi connectivity index (χ0n) is 12.1. The summed E-state index contributed by atoms with van der Waals surface area (Å²) >= 11 is 0. The van der Waals surface area contributed by atoms with Crippen LogP contribution in [0.5, 0.6) is 0 Å². The van der Waals surface area contributed by atoms with E-state index in [1.165, 1.54) is 25.7 Å². The van der Waals surface area contributed by atoms with Crippen LogP contribution in [0.15, 0.2) is 0 Å². The number of nitrogens with zero attached hydrogens (tertiary/aromatic N) is 1. The van der Waals surface area contributed by atoms with E-state index in [4.69, 9.17) is 4.74 Å². The van der Waals surface area contributed by atoms with E-state index >= 15 is 0 Å². The van der Waals surface area contributed by atoms with Crippen molar-refractivity contribution in [2.75, 3.05) is 19.7 Å². The van der Waals surface area contributed by atoms with Crippen LogP contribution in [0.2, 0.25) is 0 Å². The van der Waals surface area contributed by atoms with E-state index in [1.807, 2.05) is 6.92 Å². The van der Waals surface area contributed by atoms with Gasteiger partial charge in [-0.2, -0.15) is 0 Å². The number of amides is 1. The quantitative estimate of drug-likeness (QED) is 0.693. The van der Waals surface area contributed by atoms with Crippen molar-refractivity contribution in [2.45, 2.75) is 46.0 Å². The Balaban J connectivity index is 1.81. The van der Waals surface area contributed by atoms with Crippen molar-refractivity contribution in [2.24, 2.45) is 17.8 Å². The van der Waals surface area contributed by atoms with Crippen molar-refractivity contribution in [3.63, 3.8) is 0 Å². The first-order valence-electron chi connectivity index (χ1n) is 7.57. The van der Waals surface area contributed by atoms with Crippen molar-refractivity contribution in [1.82, 2.24) is 4.90 Å². The van der Waals surface area contributed by atoms with Gasteiger partial charge in [0.25, 0.3) is 0 Å². The van der Waals surface area contributed by atoms with Gasteiger partial charge in [0, 0.05) is 13.0 Å². The van der Waals surface area contributed by atoms with Gasteiger partial charge in [-0.15, -0.1) is 0 Å². The maximum Gasteiger partial charge on any atom is 0.325 e. The molecule has 2 rings (SSSR count). The molecular weight excluding hydrogens is 242 g/mol. The van der Waals surface area contributed by atoms with Gasteiger partial charge in [0.1, 0.15) is 6.54 Å². The minimum Gasteiger partial charge on any atom is -0.465 e. The van der Waals surface area contributed by atoms with Gasteiger partial charge in [-0.25, -0.2) is 0 Å². The Morgan fingerprint density at radius 1 is 1.21 bits per heavy atom. The molecule has 0 aromatic heterocycles. The Hall–Kier alpha value is -1.06. The van der Waals surface area contributed by atoms with E-state index in [9.17, 15) is 9.59 Å². The number of fused-ring (bicyclic) bond motifs is 2. The fourth-order valence-corrected chi connectivity index (χ4v) is 3.72. The largest absolute Gasteiger partial charge is 0.465 e. The number of rotatable bonds is 6. The van der Waals surface area contributed by atoms with E-state index in [2.05, 4.69) is 0 Å². The van der Waals surface area contributed by atoms with Crippen LogP contribution in [0.4, 0.5) is 0 Å². The summed E-state index contributed by atoms with van der Waals surface area (Å²) in [6.45, 7) is 4.75. The molecular formula is C15H25NO3. The number of likely N-dealkylation sites (N-methyl/N-ethyl adjacent to an activating group) is 1. The number of hydrogen-bond donors (Lipinski definition) is 0. The second kappa shape index (κ2) is 6.40. The topological polar surface area (TPSA) is 46.6 Å². The fourth-order valence-electron chi connectivity index (χ4n) is 3.72. The SMILES string of the molecule is CCOC(=O)CN(CC)C(=O)CC1CC2CCC1C2. The lowest BCUT2D eigenvalue weighted by atomic mass is 9.86. The zero-order chi connectivity index (χ0) is 13.8. The maximum absolute atomic E-state index is 12.3. The second-order valence-electron chi connectivity index (χ2n) is 5.85. The Bertz CT molecular complexity index is 342. The molecule has 4 heteroatoms. The monoisotopic (exact) mass is 267 g/mol. The summed E-state index contributed by atoms with van der Waals surface area (Å²) < 4.78 is 4.91. The summed E-state index contributed by atoms with van der Waals surface area (Å²) in [4.78, 5) is 25.4. The predicted octanol–water partition coefficient (Wildman–Crippen LogP) is 2.22. The molecule has 0 spiro atoms. The first-order chi connectivity index (χ1) is 9.13. The summed E-state index contributed by atoms with van der Waals surface area (Å²) in [6, 6.07) is 0.